The van der Waals surface area contributed by atoms with Crippen LogP contribution in [0, 0.1) is 11.3 Å². The van der Waals surface area contributed by atoms with Crippen LogP contribution in [0.2, 0.25) is 5.02 Å². The van der Waals surface area contributed by atoms with Crippen molar-refractivity contribution in [3.8, 4) is 6.07 Å². The maximum Gasteiger partial charge on any atom is 0.218 e. The maximum atomic E-state index is 12.0. The minimum Gasteiger partial charge on any atom is -0.382 e. The molecule has 4 nitrogen and oxygen atoms in total. The molecule has 1 rings (SSSR count). The van der Waals surface area contributed by atoms with Gasteiger partial charge in [0.25, 0.3) is 0 Å². The number of benzene rings is 1. The second-order valence-corrected chi connectivity index (χ2v) is 5.88. The lowest BCUT2D eigenvalue weighted by molar-refractivity contribution is 0.559. The van der Waals surface area contributed by atoms with E-state index in [0.717, 1.165) is 0 Å². The summed E-state index contributed by atoms with van der Waals surface area (Å²) < 4.78 is 24.1. The molecule has 0 unspecified atom stereocenters. The summed E-state index contributed by atoms with van der Waals surface area (Å²) in [5, 5.41) is 9.32. The summed E-state index contributed by atoms with van der Waals surface area (Å²) in [5.74, 6) is 0. The van der Waals surface area contributed by atoms with E-state index >= 15 is 0 Å². The first-order valence-electron chi connectivity index (χ1n) is 4.67. The third kappa shape index (κ3) is 3.22. The molecule has 0 bridgehead atoms. The molecule has 0 saturated heterocycles. The van der Waals surface area contributed by atoms with Gasteiger partial charge >= 0.3 is 0 Å². The third-order valence-electron chi connectivity index (χ3n) is 1.90. The highest BCUT2D eigenvalue weighted by molar-refractivity contribution is 7.95. The Labute approximate surface area is 106 Å². The Bertz CT molecular complexity index is 568. The number of hydrogen-bond donors (Lipinski definition) is 0. The Morgan fingerprint density at radius 1 is 1.35 bits per heavy atom. The van der Waals surface area contributed by atoms with Crippen LogP contribution in [0.3, 0.4) is 0 Å². The van der Waals surface area contributed by atoms with Crippen molar-refractivity contribution >= 4 is 21.4 Å². The lowest BCUT2D eigenvalue weighted by Crippen LogP contribution is -2.09. The number of sulfone groups is 1. The van der Waals surface area contributed by atoms with Gasteiger partial charge in [0.05, 0.1) is 4.90 Å². The van der Waals surface area contributed by atoms with Crippen LogP contribution in [0.5, 0.6) is 0 Å². The van der Waals surface area contributed by atoms with Crippen molar-refractivity contribution in [2.24, 2.45) is 0 Å². The zero-order valence-electron chi connectivity index (χ0n) is 9.38. The predicted octanol–water partition coefficient (Wildman–Crippen LogP) is 2.04. The summed E-state index contributed by atoms with van der Waals surface area (Å²) >= 11 is 5.68. The van der Waals surface area contributed by atoms with Gasteiger partial charge in [-0.05, 0) is 24.3 Å². The lowest BCUT2D eigenvalue weighted by Gasteiger charge is -2.07. The van der Waals surface area contributed by atoms with Crippen LogP contribution in [-0.4, -0.2) is 27.4 Å². The second kappa shape index (κ2) is 5.21. The van der Waals surface area contributed by atoms with Crippen LogP contribution < -0.4 is 0 Å². The first-order chi connectivity index (χ1) is 7.87. The first-order valence-corrected chi connectivity index (χ1v) is 6.53. The van der Waals surface area contributed by atoms with E-state index in [1.165, 1.54) is 35.4 Å². The van der Waals surface area contributed by atoms with Gasteiger partial charge in [0.15, 0.2) is 4.91 Å². The van der Waals surface area contributed by atoms with Crippen molar-refractivity contribution in [1.82, 2.24) is 4.90 Å². The standard InChI is InChI=1S/C11H11ClN2O2S/c1-14(2)8-11(7-13)17(15,16)10-5-3-9(12)4-6-10/h3-6,8H,1-2H3/b11-8+. The zero-order chi connectivity index (χ0) is 13.1. The van der Waals surface area contributed by atoms with Gasteiger partial charge in [-0.15, -0.1) is 0 Å². The quantitative estimate of drug-likeness (QED) is 0.789. The van der Waals surface area contributed by atoms with Crippen molar-refractivity contribution in [1.29, 1.82) is 5.26 Å². The highest BCUT2D eigenvalue weighted by Crippen LogP contribution is 2.20. The van der Waals surface area contributed by atoms with Crippen LogP contribution in [0.25, 0.3) is 0 Å². The van der Waals surface area contributed by atoms with Crippen molar-refractivity contribution in [2.45, 2.75) is 4.90 Å². The zero-order valence-corrected chi connectivity index (χ0v) is 11.0. The maximum absolute atomic E-state index is 12.0. The summed E-state index contributed by atoms with van der Waals surface area (Å²) in [7, 11) is -0.468. The topological polar surface area (TPSA) is 61.2 Å². The smallest absolute Gasteiger partial charge is 0.218 e. The van der Waals surface area contributed by atoms with Gasteiger partial charge in [-0.1, -0.05) is 11.6 Å². The molecule has 0 aliphatic heterocycles. The predicted molar refractivity (Wildman–Crippen MR) is 66.0 cm³/mol. The second-order valence-electron chi connectivity index (χ2n) is 3.53. The van der Waals surface area contributed by atoms with Gasteiger partial charge in [0.2, 0.25) is 9.84 Å². The number of rotatable bonds is 3. The van der Waals surface area contributed by atoms with Crippen LogP contribution in [0.4, 0.5) is 0 Å². The average Bonchev–Trinajstić information content (AvgIpc) is 2.26. The normalized spacial score (nSPS) is 12.0. The van der Waals surface area contributed by atoms with E-state index in [4.69, 9.17) is 16.9 Å². The van der Waals surface area contributed by atoms with E-state index in [0.29, 0.717) is 5.02 Å². The van der Waals surface area contributed by atoms with Gasteiger partial charge in [-0.25, -0.2) is 8.42 Å². The fourth-order valence-electron chi connectivity index (χ4n) is 1.13. The first kappa shape index (κ1) is 13.6. The van der Waals surface area contributed by atoms with Crippen molar-refractivity contribution < 1.29 is 8.42 Å². The molecule has 0 fully saturated rings. The molecule has 90 valence electrons. The van der Waals surface area contributed by atoms with E-state index in [9.17, 15) is 8.42 Å². The monoisotopic (exact) mass is 270 g/mol. The number of nitriles is 1. The van der Waals surface area contributed by atoms with Crippen LogP contribution >= 0.6 is 11.6 Å². The molecule has 0 radical (unpaired) electrons. The Kier molecular flexibility index (Phi) is 4.16. The van der Waals surface area contributed by atoms with Gasteiger partial charge in [0, 0.05) is 25.3 Å². The summed E-state index contributed by atoms with van der Waals surface area (Å²) in [6.45, 7) is 0. The van der Waals surface area contributed by atoms with E-state index in [2.05, 4.69) is 0 Å². The Balaban J connectivity index is 3.29. The van der Waals surface area contributed by atoms with Crippen LogP contribution in [0.1, 0.15) is 0 Å². The highest BCUT2D eigenvalue weighted by atomic mass is 35.5. The van der Waals surface area contributed by atoms with Gasteiger partial charge < -0.3 is 4.90 Å². The fraction of sp³-hybridized carbons (Fsp3) is 0.182. The largest absolute Gasteiger partial charge is 0.382 e. The molecule has 0 aliphatic carbocycles. The minimum atomic E-state index is -3.76. The number of allylic oxidation sites excluding steroid dienone is 1. The van der Waals surface area contributed by atoms with E-state index in [1.54, 1.807) is 20.2 Å². The van der Waals surface area contributed by atoms with Crippen molar-refractivity contribution in [3.05, 3.63) is 40.4 Å². The minimum absolute atomic E-state index is 0.0524. The number of hydrogen-bond acceptors (Lipinski definition) is 4. The van der Waals surface area contributed by atoms with Gasteiger partial charge in [0.1, 0.15) is 6.07 Å². The molecule has 0 N–H and O–H groups in total. The van der Waals surface area contributed by atoms with E-state index in [1.807, 2.05) is 0 Å². The summed E-state index contributed by atoms with van der Waals surface area (Å²) in [6, 6.07) is 7.37. The molecule has 6 heteroatoms. The SMILES string of the molecule is CN(C)/C=C(\C#N)S(=O)(=O)c1ccc(Cl)cc1. The molecule has 0 amide bonds. The Hall–Kier alpha value is -1.51. The average molecular weight is 271 g/mol. The van der Waals surface area contributed by atoms with Gasteiger partial charge in [-0.3, -0.25) is 0 Å². The molecule has 0 spiro atoms. The number of halogens is 1. The van der Waals surface area contributed by atoms with E-state index in [-0.39, 0.29) is 9.80 Å². The van der Waals surface area contributed by atoms with Crippen molar-refractivity contribution in [2.75, 3.05) is 14.1 Å². The summed E-state index contributed by atoms with van der Waals surface area (Å²) in [6.07, 6.45) is 1.27. The molecule has 0 atom stereocenters. The Morgan fingerprint density at radius 2 is 1.88 bits per heavy atom. The molecule has 0 aromatic heterocycles. The summed E-state index contributed by atoms with van der Waals surface area (Å²) in [5.41, 5.74) is 0. The molecular formula is C11H11ClN2O2S. The molecule has 1 aromatic rings. The highest BCUT2D eigenvalue weighted by Gasteiger charge is 2.20. The molecule has 17 heavy (non-hydrogen) atoms. The Morgan fingerprint density at radius 3 is 2.29 bits per heavy atom. The van der Waals surface area contributed by atoms with Crippen LogP contribution in [0.15, 0.2) is 40.3 Å². The van der Waals surface area contributed by atoms with Crippen LogP contribution in [-0.2, 0) is 9.84 Å². The van der Waals surface area contributed by atoms with Crippen molar-refractivity contribution in [3.63, 3.8) is 0 Å². The molecule has 1 aromatic carbocycles. The third-order valence-corrected chi connectivity index (χ3v) is 3.82. The molecule has 0 saturated carbocycles. The summed E-state index contributed by atoms with van der Waals surface area (Å²) in [4.78, 5) is 1.26. The molecular weight excluding hydrogens is 260 g/mol. The van der Waals surface area contributed by atoms with E-state index < -0.39 is 9.84 Å². The fourth-order valence-corrected chi connectivity index (χ4v) is 2.48. The molecule has 0 heterocycles. The number of nitrogens with zero attached hydrogens (tertiary/aromatic N) is 2. The van der Waals surface area contributed by atoms with Gasteiger partial charge in [-0.2, -0.15) is 5.26 Å². The molecule has 0 aliphatic rings. The lowest BCUT2D eigenvalue weighted by atomic mass is 10.4.